The van der Waals surface area contributed by atoms with Crippen LogP contribution in [0.15, 0.2) is 59.8 Å². The smallest absolute Gasteiger partial charge is 0.322 e. The normalized spacial score (nSPS) is 14.3. The van der Waals surface area contributed by atoms with Crippen LogP contribution in [0.2, 0.25) is 0 Å². The van der Waals surface area contributed by atoms with Gasteiger partial charge in [-0.05, 0) is 54.6 Å². The standard InChI is InChI=1S/C21H22N4OS/c1-24-14-19(18-4-3-11-22-20(18)24)15-9-12-25(13-10-15)21(26)23-16-5-7-17(27-2)8-6-16/h3-9,11,14H,10,12-13H2,1-2H3,(H,23,26). The van der Waals surface area contributed by atoms with Gasteiger partial charge < -0.3 is 14.8 Å². The Morgan fingerprint density at radius 3 is 2.74 bits per heavy atom. The van der Waals surface area contributed by atoms with Crippen molar-refractivity contribution in [1.29, 1.82) is 0 Å². The molecule has 5 nitrogen and oxygen atoms in total. The van der Waals surface area contributed by atoms with E-state index < -0.39 is 0 Å². The van der Waals surface area contributed by atoms with Gasteiger partial charge >= 0.3 is 6.03 Å². The third-order valence-corrected chi connectivity index (χ3v) is 5.66. The minimum Gasteiger partial charge on any atom is -0.335 e. The van der Waals surface area contributed by atoms with Crippen molar-refractivity contribution < 1.29 is 4.79 Å². The Morgan fingerprint density at radius 2 is 2.04 bits per heavy atom. The van der Waals surface area contributed by atoms with Gasteiger partial charge in [0.25, 0.3) is 0 Å². The Bertz CT molecular complexity index is 1010. The van der Waals surface area contributed by atoms with Gasteiger partial charge in [0.2, 0.25) is 0 Å². The fourth-order valence-corrected chi connectivity index (χ4v) is 3.85. The van der Waals surface area contributed by atoms with E-state index in [1.807, 2.05) is 54.7 Å². The number of aryl methyl sites for hydroxylation is 1. The number of anilines is 1. The molecular weight excluding hydrogens is 356 g/mol. The van der Waals surface area contributed by atoms with Gasteiger partial charge in [-0.1, -0.05) is 6.08 Å². The molecule has 4 rings (SSSR count). The molecule has 0 saturated heterocycles. The number of urea groups is 1. The van der Waals surface area contributed by atoms with Crippen molar-refractivity contribution in [3.8, 4) is 0 Å². The highest BCUT2D eigenvalue weighted by atomic mass is 32.2. The summed E-state index contributed by atoms with van der Waals surface area (Å²) in [5, 5.41) is 4.15. The Kier molecular flexibility index (Phi) is 4.90. The maximum Gasteiger partial charge on any atom is 0.322 e. The second-order valence-corrected chi connectivity index (χ2v) is 7.49. The zero-order chi connectivity index (χ0) is 18.8. The van der Waals surface area contributed by atoms with Crippen LogP contribution in [0.1, 0.15) is 12.0 Å². The first-order chi connectivity index (χ1) is 13.2. The van der Waals surface area contributed by atoms with Gasteiger partial charge in [-0.3, -0.25) is 0 Å². The Labute approximate surface area is 163 Å². The Balaban J connectivity index is 1.46. The molecule has 3 heterocycles. The van der Waals surface area contributed by atoms with Crippen molar-refractivity contribution in [3.63, 3.8) is 0 Å². The minimum absolute atomic E-state index is 0.0539. The van der Waals surface area contributed by atoms with Crippen LogP contribution in [0.25, 0.3) is 16.6 Å². The van der Waals surface area contributed by atoms with E-state index in [9.17, 15) is 4.79 Å². The number of hydrogen-bond donors (Lipinski definition) is 1. The molecule has 1 aliphatic heterocycles. The molecule has 1 aromatic carbocycles. The molecule has 0 spiro atoms. The van der Waals surface area contributed by atoms with Gasteiger partial charge in [-0.25, -0.2) is 9.78 Å². The fraction of sp³-hybridized carbons (Fsp3) is 0.238. The third kappa shape index (κ3) is 3.57. The van der Waals surface area contributed by atoms with Gasteiger partial charge in [-0.2, -0.15) is 0 Å². The van der Waals surface area contributed by atoms with Crippen molar-refractivity contribution >= 4 is 40.1 Å². The van der Waals surface area contributed by atoms with Crippen LogP contribution < -0.4 is 5.32 Å². The highest BCUT2D eigenvalue weighted by molar-refractivity contribution is 7.98. The topological polar surface area (TPSA) is 50.2 Å². The molecule has 2 aromatic heterocycles. The van der Waals surface area contributed by atoms with E-state index in [0.29, 0.717) is 13.1 Å². The number of fused-ring (bicyclic) bond motifs is 1. The summed E-state index contributed by atoms with van der Waals surface area (Å²) in [6.07, 6.45) is 8.98. The zero-order valence-corrected chi connectivity index (χ0v) is 16.3. The molecule has 1 N–H and O–H groups in total. The lowest BCUT2D eigenvalue weighted by Gasteiger charge is -2.26. The molecule has 2 amide bonds. The summed E-state index contributed by atoms with van der Waals surface area (Å²) in [5.41, 5.74) is 4.31. The van der Waals surface area contributed by atoms with Crippen molar-refractivity contribution in [2.75, 3.05) is 24.7 Å². The van der Waals surface area contributed by atoms with E-state index >= 15 is 0 Å². The molecule has 0 aliphatic carbocycles. The molecule has 3 aromatic rings. The zero-order valence-electron chi connectivity index (χ0n) is 15.5. The Hall–Kier alpha value is -2.73. The summed E-state index contributed by atoms with van der Waals surface area (Å²) in [4.78, 5) is 20.0. The van der Waals surface area contributed by atoms with Crippen LogP contribution in [-0.4, -0.2) is 39.8 Å². The number of thioether (sulfide) groups is 1. The Morgan fingerprint density at radius 1 is 1.22 bits per heavy atom. The molecule has 1 aliphatic rings. The van der Waals surface area contributed by atoms with Crippen molar-refractivity contribution in [2.24, 2.45) is 7.05 Å². The summed E-state index contributed by atoms with van der Waals surface area (Å²) in [6.45, 7) is 1.32. The van der Waals surface area contributed by atoms with Gasteiger partial charge in [-0.15, -0.1) is 11.8 Å². The average molecular weight is 379 g/mol. The van der Waals surface area contributed by atoms with Crippen molar-refractivity contribution in [1.82, 2.24) is 14.5 Å². The van der Waals surface area contributed by atoms with Crippen LogP contribution in [-0.2, 0) is 7.05 Å². The monoisotopic (exact) mass is 378 g/mol. The first-order valence-electron chi connectivity index (χ1n) is 8.95. The first kappa shape index (κ1) is 17.7. The van der Waals surface area contributed by atoms with Gasteiger partial charge in [0.1, 0.15) is 5.65 Å². The van der Waals surface area contributed by atoms with E-state index in [-0.39, 0.29) is 6.03 Å². The maximum absolute atomic E-state index is 12.5. The maximum atomic E-state index is 12.5. The van der Waals surface area contributed by atoms with E-state index in [1.165, 1.54) is 16.0 Å². The van der Waals surface area contributed by atoms with Gasteiger partial charge in [0, 0.05) is 54.1 Å². The molecule has 0 unspecified atom stereocenters. The second-order valence-electron chi connectivity index (χ2n) is 6.61. The molecule has 0 saturated carbocycles. The SMILES string of the molecule is CSc1ccc(NC(=O)N2CC=C(c3cn(C)c4ncccc34)CC2)cc1. The average Bonchev–Trinajstić information content (AvgIpc) is 3.06. The number of hydrogen-bond acceptors (Lipinski definition) is 3. The second kappa shape index (κ2) is 7.48. The van der Waals surface area contributed by atoms with Crippen molar-refractivity contribution in [3.05, 3.63) is 60.4 Å². The summed E-state index contributed by atoms with van der Waals surface area (Å²) >= 11 is 1.69. The number of nitrogens with zero attached hydrogens (tertiary/aromatic N) is 3. The predicted molar refractivity (Wildman–Crippen MR) is 112 cm³/mol. The van der Waals surface area contributed by atoms with Gasteiger partial charge in [0.15, 0.2) is 0 Å². The van der Waals surface area contributed by atoms with Crippen LogP contribution >= 0.6 is 11.8 Å². The molecule has 0 radical (unpaired) electrons. The molecule has 0 fully saturated rings. The van der Waals surface area contributed by atoms with E-state index in [4.69, 9.17) is 0 Å². The number of rotatable bonds is 3. The van der Waals surface area contributed by atoms with Crippen LogP contribution in [0.5, 0.6) is 0 Å². The van der Waals surface area contributed by atoms with E-state index in [0.717, 1.165) is 23.1 Å². The van der Waals surface area contributed by atoms with E-state index in [1.54, 1.807) is 11.8 Å². The number of pyridine rings is 1. The van der Waals surface area contributed by atoms with Gasteiger partial charge in [0.05, 0.1) is 0 Å². The van der Waals surface area contributed by atoms with Crippen LogP contribution in [0.4, 0.5) is 10.5 Å². The van der Waals surface area contributed by atoms with Crippen LogP contribution in [0, 0.1) is 0 Å². The number of aromatic nitrogens is 2. The number of carbonyl (C=O) groups is 1. The first-order valence-corrected chi connectivity index (χ1v) is 10.2. The third-order valence-electron chi connectivity index (χ3n) is 4.92. The number of amides is 2. The molecule has 138 valence electrons. The molecule has 0 bridgehead atoms. The largest absolute Gasteiger partial charge is 0.335 e. The lowest BCUT2D eigenvalue weighted by molar-refractivity contribution is 0.217. The quantitative estimate of drug-likeness (QED) is 0.677. The van der Waals surface area contributed by atoms with Crippen LogP contribution in [0.3, 0.4) is 0 Å². The number of benzene rings is 1. The van der Waals surface area contributed by atoms with Crippen molar-refractivity contribution in [2.45, 2.75) is 11.3 Å². The molecular formula is C21H22N4OS. The minimum atomic E-state index is -0.0539. The number of carbonyl (C=O) groups excluding carboxylic acids is 1. The summed E-state index contributed by atoms with van der Waals surface area (Å²) in [5.74, 6) is 0. The summed E-state index contributed by atoms with van der Waals surface area (Å²) in [7, 11) is 2.02. The molecule has 0 atom stereocenters. The lowest BCUT2D eigenvalue weighted by Crippen LogP contribution is -2.37. The number of nitrogens with one attached hydrogen (secondary N) is 1. The summed E-state index contributed by atoms with van der Waals surface area (Å²) in [6, 6.07) is 11.9. The molecule has 6 heteroatoms. The highest BCUT2D eigenvalue weighted by Crippen LogP contribution is 2.29. The molecule has 27 heavy (non-hydrogen) atoms. The highest BCUT2D eigenvalue weighted by Gasteiger charge is 2.20. The summed E-state index contributed by atoms with van der Waals surface area (Å²) < 4.78 is 2.06. The fourth-order valence-electron chi connectivity index (χ4n) is 3.44. The predicted octanol–water partition coefficient (Wildman–Crippen LogP) is 4.62. The lowest BCUT2D eigenvalue weighted by atomic mass is 10.00. The van der Waals surface area contributed by atoms with E-state index in [2.05, 4.69) is 33.2 Å².